The highest BCUT2D eigenvalue weighted by Crippen LogP contribution is 2.28. The Bertz CT molecular complexity index is 447. The summed E-state index contributed by atoms with van der Waals surface area (Å²) in [5, 5.41) is 0. The zero-order chi connectivity index (χ0) is 13.1. The summed E-state index contributed by atoms with van der Waals surface area (Å²) in [5.41, 5.74) is 0.677. The molecule has 0 unspecified atom stereocenters. The van der Waals surface area contributed by atoms with Crippen molar-refractivity contribution < 1.29 is 23.8 Å². The van der Waals surface area contributed by atoms with Gasteiger partial charge in [-0.25, -0.2) is 9.59 Å². The van der Waals surface area contributed by atoms with Gasteiger partial charge in [-0.2, -0.15) is 0 Å². The molecule has 0 bridgehead atoms. The SMILES string of the molecule is COc1cc(OC)cc(N2CC(=O)OC(=O)C2)c1. The van der Waals surface area contributed by atoms with Gasteiger partial charge in [0.25, 0.3) is 0 Å². The van der Waals surface area contributed by atoms with Crippen LogP contribution in [0.3, 0.4) is 0 Å². The minimum atomic E-state index is -0.562. The molecular weight excluding hydrogens is 238 g/mol. The Morgan fingerprint density at radius 1 is 1.00 bits per heavy atom. The van der Waals surface area contributed by atoms with Gasteiger partial charge in [-0.15, -0.1) is 0 Å². The van der Waals surface area contributed by atoms with Crippen LogP contribution in [0, 0.1) is 0 Å². The zero-order valence-electron chi connectivity index (χ0n) is 10.1. The van der Waals surface area contributed by atoms with E-state index in [4.69, 9.17) is 9.47 Å². The second-order valence-corrected chi connectivity index (χ2v) is 3.77. The lowest BCUT2D eigenvalue weighted by Crippen LogP contribution is -2.42. The molecule has 0 amide bonds. The molecule has 0 N–H and O–H groups in total. The van der Waals surface area contributed by atoms with Gasteiger partial charge >= 0.3 is 11.9 Å². The van der Waals surface area contributed by atoms with Crippen LogP contribution >= 0.6 is 0 Å². The van der Waals surface area contributed by atoms with Crippen molar-refractivity contribution in [3.05, 3.63) is 18.2 Å². The van der Waals surface area contributed by atoms with Gasteiger partial charge in [0, 0.05) is 23.9 Å². The molecule has 96 valence electrons. The van der Waals surface area contributed by atoms with Crippen LogP contribution in [0.1, 0.15) is 0 Å². The number of esters is 2. The number of benzene rings is 1. The smallest absolute Gasteiger partial charge is 0.333 e. The first-order valence-corrected chi connectivity index (χ1v) is 5.34. The van der Waals surface area contributed by atoms with E-state index in [0.717, 1.165) is 0 Å². The summed E-state index contributed by atoms with van der Waals surface area (Å²) in [4.78, 5) is 24.0. The van der Waals surface area contributed by atoms with E-state index in [-0.39, 0.29) is 13.1 Å². The molecule has 1 saturated heterocycles. The van der Waals surface area contributed by atoms with Crippen LogP contribution in [0.15, 0.2) is 18.2 Å². The fourth-order valence-electron chi connectivity index (χ4n) is 1.72. The van der Waals surface area contributed by atoms with Crippen molar-refractivity contribution in [2.75, 3.05) is 32.2 Å². The standard InChI is InChI=1S/C12H13NO5/c1-16-9-3-8(4-10(5-9)17-2)13-6-11(14)18-12(15)7-13/h3-5H,6-7H2,1-2H3. The molecule has 6 heteroatoms. The fraction of sp³-hybridized carbons (Fsp3) is 0.333. The molecule has 0 aromatic heterocycles. The van der Waals surface area contributed by atoms with Crippen molar-refractivity contribution >= 4 is 17.6 Å². The molecule has 0 spiro atoms. The van der Waals surface area contributed by atoms with E-state index in [2.05, 4.69) is 4.74 Å². The number of carbonyl (C=O) groups is 2. The van der Waals surface area contributed by atoms with Crippen molar-refractivity contribution in [3.8, 4) is 11.5 Å². The molecule has 1 aromatic rings. The van der Waals surface area contributed by atoms with Gasteiger partial charge in [0.15, 0.2) is 0 Å². The highest BCUT2D eigenvalue weighted by Gasteiger charge is 2.25. The molecule has 0 atom stereocenters. The van der Waals surface area contributed by atoms with Crippen molar-refractivity contribution in [2.24, 2.45) is 0 Å². The summed E-state index contributed by atoms with van der Waals surface area (Å²) in [6.45, 7) is 0.0596. The number of methoxy groups -OCH3 is 2. The molecular formula is C12H13NO5. The summed E-state index contributed by atoms with van der Waals surface area (Å²) in [6.07, 6.45) is 0. The first-order valence-electron chi connectivity index (χ1n) is 5.34. The third-order valence-electron chi connectivity index (χ3n) is 2.57. The topological polar surface area (TPSA) is 65.1 Å². The minimum Gasteiger partial charge on any atom is -0.497 e. The molecule has 2 rings (SSSR count). The Balaban J connectivity index is 2.31. The van der Waals surface area contributed by atoms with E-state index < -0.39 is 11.9 Å². The van der Waals surface area contributed by atoms with Crippen LogP contribution in [-0.2, 0) is 14.3 Å². The van der Waals surface area contributed by atoms with Gasteiger partial charge in [0.2, 0.25) is 0 Å². The molecule has 6 nitrogen and oxygen atoms in total. The molecule has 1 aliphatic heterocycles. The van der Waals surface area contributed by atoms with E-state index in [1.54, 1.807) is 23.1 Å². The predicted octanol–water partition coefficient (Wildman–Crippen LogP) is 0.594. The lowest BCUT2D eigenvalue weighted by Gasteiger charge is -2.26. The van der Waals surface area contributed by atoms with Crippen LogP contribution < -0.4 is 14.4 Å². The largest absolute Gasteiger partial charge is 0.497 e. The highest BCUT2D eigenvalue weighted by molar-refractivity contribution is 5.94. The quantitative estimate of drug-likeness (QED) is 0.579. The average molecular weight is 251 g/mol. The van der Waals surface area contributed by atoms with Gasteiger partial charge < -0.3 is 19.1 Å². The van der Waals surface area contributed by atoms with Gasteiger partial charge in [-0.1, -0.05) is 0 Å². The first-order chi connectivity index (χ1) is 8.62. The van der Waals surface area contributed by atoms with Crippen molar-refractivity contribution in [1.82, 2.24) is 0 Å². The Hall–Kier alpha value is -2.24. The number of carbonyl (C=O) groups excluding carboxylic acids is 2. The van der Waals surface area contributed by atoms with Crippen molar-refractivity contribution in [3.63, 3.8) is 0 Å². The highest BCUT2D eigenvalue weighted by atomic mass is 16.6. The number of morpholine rings is 1. The lowest BCUT2D eigenvalue weighted by molar-refractivity contribution is -0.160. The van der Waals surface area contributed by atoms with Gasteiger partial charge in [0.05, 0.1) is 14.2 Å². The van der Waals surface area contributed by atoms with Gasteiger partial charge in [-0.05, 0) is 0 Å². The third-order valence-corrected chi connectivity index (χ3v) is 2.57. The molecule has 1 heterocycles. The monoisotopic (exact) mass is 251 g/mol. The molecule has 0 aliphatic carbocycles. The van der Waals surface area contributed by atoms with E-state index in [1.165, 1.54) is 14.2 Å². The third kappa shape index (κ3) is 2.53. The number of hydrogen-bond donors (Lipinski definition) is 0. The molecule has 0 radical (unpaired) electrons. The normalized spacial score (nSPS) is 15.3. The van der Waals surface area contributed by atoms with Crippen LogP contribution in [0.25, 0.3) is 0 Å². The van der Waals surface area contributed by atoms with Gasteiger partial charge in [-0.3, -0.25) is 0 Å². The number of nitrogens with zero attached hydrogens (tertiary/aromatic N) is 1. The maximum absolute atomic E-state index is 11.2. The maximum atomic E-state index is 11.2. The van der Waals surface area contributed by atoms with E-state index in [1.807, 2.05) is 0 Å². The predicted molar refractivity (Wildman–Crippen MR) is 62.9 cm³/mol. The van der Waals surface area contributed by atoms with E-state index >= 15 is 0 Å². The Morgan fingerprint density at radius 3 is 1.94 bits per heavy atom. The van der Waals surface area contributed by atoms with Crippen LogP contribution in [0.4, 0.5) is 5.69 Å². The summed E-state index contributed by atoms with van der Waals surface area (Å²) < 4.78 is 14.7. The molecule has 1 aliphatic rings. The van der Waals surface area contributed by atoms with Crippen LogP contribution in [0.2, 0.25) is 0 Å². The number of ether oxygens (including phenoxy) is 3. The minimum absolute atomic E-state index is 0.0298. The Kier molecular flexibility index (Phi) is 3.36. The summed E-state index contributed by atoms with van der Waals surface area (Å²) in [7, 11) is 3.07. The van der Waals surface area contributed by atoms with Crippen LogP contribution in [-0.4, -0.2) is 39.2 Å². The fourth-order valence-corrected chi connectivity index (χ4v) is 1.72. The number of rotatable bonds is 3. The molecule has 18 heavy (non-hydrogen) atoms. The van der Waals surface area contributed by atoms with Crippen molar-refractivity contribution in [2.45, 2.75) is 0 Å². The lowest BCUT2D eigenvalue weighted by atomic mass is 10.2. The molecule has 0 saturated carbocycles. The van der Waals surface area contributed by atoms with Crippen LogP contribution in [0.5, 0.6) is 11.5 Å². The van der Waals surface area contributed by atoms with Gasteiger partial charge in [0.1, 0.15) is 24.6 Å². The Morgan fingerprint density at radius 2 is 1.50 bits per heavy atom. The summed E-state index contributed by atoms with van der Waals surface area (Å²) >= 11 is 0. The number of anilines is 1. The molecule has 1 aromatic carbocycles. The zero-order valence-corrected chi connectivity index (χ0v) is 10.1. The first kappa shape index (κ1) is 12.2. The summed E-state index contributed by atoms with van der Waals surface area (Å²) in [5.74, 6) is 0.0625. The van der Waals surface area contributed by atoms with Crippen molar-refractivity contribution in [1.29, 1.82) is 0 Å². The Labute approximate surface area is 104 Å². The van der Waals surface area contributed by atoms with E-state index in [9.17, 15) is 9.59 Å². The number of cyclic esters (lactones) is 2. The van der Waals surface area contributed by atoms with E-state index in [0.29, 0.717) is 17.2 Å². The second kappa shape index (κ2) is 4.95. The summed E-state index contributed by atoms with van der Waals surface area (Å²) in [6, 6.07) is 5.18. The molecule has 1 fully saturated rings. The average Bonchev–Trinajstić information content (AvgIpc) is 2.37. The maximum Gasteiger partial charge on any atom is 0.333 e. The second-order valence-electron chi connectivity index (χ2n) is 3.77. The number of hydrogen-bond acceptors (Lipinski definition) is 6.